The van der Waals surface area contributed by atoms with Gasteiger partial charge in [-0.15, -0.1) is 0 Å². The first-order chi connectivity index (χ1) is 12.9. The Morgan fingerprint density at radius 2 is 2.00 bits per heavy atom. The fraction of sp³-hybridized carbons (Fsp3) is 0.316. The van der Waals surface area contributed by atoms with Gasteiger partial charge < -0.3 is 15.5 Å². The molecule has 0 unspecified atom stereocenters. The van der Waals surface area contributed by atoms with Gasteiger partial charge in [-0.25, -0.2) is 15.0 Å². The Morgan fingerprint density at radius 3 is 2.67 bits per heavy atom. The number of nitrogens with zero attached hydrogens (tertiary/aromatic N) is 4. The Morgan fingerprint density at radius 1 is 1.22 bits per heavy atom. The number of nitrogens with two attached hydrogens (primary N) is 1. The number of oxazole rings is 1. The fourth-order valence-corrected chi connectivity index (χ4v) is 2.58. The molecule has 27 heavy (non-hydrogen) atoms. The Bertz CT molecular complexity index is 967. The van der Waals surface area contributed by atoms with Gasteiger partial charge in [0.05, 0.1) is 24.1 Å². The molecule has 3 aromatic heterocycles. The first-order valence-corrected chi connectivity index (χ1v) is 8.65. The zero-order valence-corrected chi connectivity index (χ0v) is 15.8. The van der Waals surface area contributed by atoms with Crippen molar-refractivity contribution in [3.8, 4) is 11.6 Å². The molecule has 0 spiro atoms. The van der Waals surface area contributed by atoms with Crippen LogP contribution in [0.2, 0.25) is 0 Å². The Hall–Kier alpha value is -3.29. The Balaban J connectivity index is 1.79. The molecule has 0 saturated heterocycles. The summed E-state index contributed by atoms with van der Waals surface area (Å²) in [6.07, 6.45) is 2.95. The number of hydrogen-bond donors (Lipinski definition) is 2. The molecule has 0 aromatic carbocycles. The predicted molar refractivity (Wildman–Crippen MR) is 101 cm³/mol. The predicted octanol–water partition coefficient (Wildman–Crippen LogP) is 2.78. The van der Waals surface area contributed by atoms with E-state index in [9.17, 15) is 4.79 Å². The zero-order valence-electron chi connectivity index (χ0n) is 15.8. The van der Waals surface area contributed by atoms with E-state index in [4.69, 9.17) is 10.2 Å². The van der Waals surface area contributed by atoms with Crippen LogP contribution in [0.1, 0.15) is 52.9 Å². The summed E-state index contributed by atoms with van der Waals surface area (Å²) >= 11 is 0. The van der Waals surface area contributed by atoms with Gasteiger partial charge in [-0.1, -0.05) is 19.9 Å². The molecule has 0 atom stereocenters. The molecule has 3 aromatic rings. The quantitative estimate of drug-likeness (QED) is 0.712. The van der Waals surface area contributed by atoms with Crippen LogP contribution in [0, 0.1) is 13.8 Å². The lowest BCUT2D eigenvalue weighted by atomic mass is 10.1. The van der Waals surface area contributed by atoms with Crippen molar-refractivity contribution in [3.05, 3.63) is 52.9 Å². The van der Waals surface area contributed by atoms with Crippen molar-refractivity contribution in [3.63, 3.8) is 0 Å². The maximum Gasteiger partial charge on any atom is 0.274 e. The summed E-state index contributed by atoms with van der Waals surface area (Å²) < 4.78 is 5.23. The van der Waals surface area contributed by atoms with E-state index in [1.54, 1.807) is 6.92 Å². The lowest BCUT2D eigenvalue weighted by molar-refractivity contribution is 0.0946. The van der Waals surface area contributed by atoms with Crippen molar-refractivity contribution in [1.29, 1.82) is 0 Å². The number of carbonyl (C=O) groups excluding carboxylic acids is 1. The zero-order chi connectivity index (χ0) is 19.6. The molecule has 140 valence electrons. The van der Waals surface area contributed by atoms with Crippen LogP contribution in [0.25, 0.3) is 11.6 Å². The minimum atomic E-state index is -0.404. The summed E-state index contributed by atoms with van der Waals surface area (Å²) in [5, 5.41) is 2.82. The second-order valence-electron chi connectivity index (χ2n) is 6.57. The maximum atomic E-state index is 12.6. The molecule has 0 bridgehead atoms. The molecule has 3 heterocycles. The molecule has 1 amide bonds. The summed E-state index contributed by atoms with van der Waals surface area (Å²) in [6, 6.07) is 4.01. The molecule has 3 rings (SSSR count). The number of pyridine rings is 1. The number of rotatable bonds is 5. The van der Waals surface area contributed by atoms with Crippen molar-refractivity contribution in [2.45, 2.75) is 40.2 Å². The summed E-state index contributed by atoms with van der Waals surface area (Å²) in [5.41, 5.74) is 9.74. The largest absolute Gasteiger partial charge is 0.443 e. The monoisotopic (exact) mass is 366 g/mol. The van der Waals surface area contributed by atoms with Crippen LogP contribution >= 0.6 is 0 Å². The number of nitrogen functional groups attached to an aromatic ring is 1. The van der Waals surface area contributed by atoms with E-state index in [2.05, 4.69) is 39.1 Å². The minimum absolute atomic E-state index is 0.0203. The number of nitrogens with one attached hydrogen (secondary N) is 1. The normalized spacial score (nSPS) is 11.0. The van der Waals surface area contributed by atoms with E-state index in [1.165, 1.54) is 12.5 Å². The van der Waals surface area contributed by atoms with Crippen LogP contribution in [0.4, 0.5) is 5.82 Å². The maximum absolute atomic E-state index is 12.6. The molecule has 0 aliphatic carbocycles. The number of hydrogen-bond acceptors (Lipinski definition) is 7. The van der Waals surface area contributed by atoms with E-state index in [-0.39, 0.29) is 18.1 Å². The second kappa shape index (κ2) is 7.53. The summed E-state index contributed by atoms with van der Waals surface area (Å²) in [4.78, 5) is 29.7. The van der Waals surface area contributed by atoms with E-state index in [0.717, 1.165) is 17.0 Å². The van der Waals surface area contributed by atoms with Gasteiger partial charge in [0.25, 0.3) is 5.91 Å². The molecule has 0 fully saturated rings. The first kappa shape index (κ1) is 18.5. The van der Waals surface area contributed by atoms with Gasteiger partial charge >= 0.3 is 0 Å². The van der Waals surface area contributed by atoms with Crippen LogP contribution in [-0.4, -0.2) is 25.8 Å². The van der Waals surface area contributed by atoms with Crippen LogP contribution < -0.4 is 11.1 Å². The van der Waals surface area contributed by atoms with Crippen LogP contribution in [0.15, 0.2) is 29.0 Å². The Kier molecular flexibility index (Phi) is 5.16. The number of anilines is 1. The highest BCUT2D eigenvalue weighted by Crippen LogP contribution is 2.21. The van der Waals surface area contributed by atoms with Gasteiger partial charge in [0, 0.05) is 5.69 Å². The van der Waals surface area contributed by atoms with E-state index < -0.39 is 5.91 Å². The number of carbonyl (C=O) groups is 1. The van der Waals surface area contributed by atoms with Gasteiger partial charge in [-0.2, -0.15) is 0 Å². The number of amides is 1. The van der Waals surface area contributed by atoms with Gasteiger partial charge in [-0.3, -0.25) is 9.78 Å². The first-order valence-electron chi connectivity index (χ1n) is 8.65. The number of aromatic nitrogens is 4. The molecule has 0 aliphatic heterocycles. The molecule has 8 nitrogen and oxygen atoms in total. The third-order valence-corrected chi connectivity index (χ3v) is 4.18. The van der Waals surface area contributed by atoms with Crippen LogP contribution in [0.5, 0.6) is 0 Å². The molecule has 0 aliphatic rings. The molecular weight excluding hydrogens is 344 g/mol. The smallest absolute Gasteiger partial charge is 0.274 e. The number of aryl methyl sites for hydroxylation is 2. The average molecular weight is 366 g/mol. The third kappa shape index (κ3) is 3.94. The van der Waals surface area contributed by atoms with Crippen molar-refractivity contribution < 1.29 is 9.21 Å². The fourth-order valence-electron chi connectivity index (χ4n) is 2.58. The highest BCUT2D eigenvalue weighted by atomic mass is 16.3. The summed E-state index contributed by atoms with van der Waals surface area (Å²) in [5.74, 6) is 0.237. The molecule has 0 saturated carbocycles. The van der Waals surface area contributed by atoms with Gasteiger partial charge in [0.2, 0.25) is 5.89 Å². The highest BCUT2D eigenvalue weighted by Gasteiger charge is 2.19. The van der Waals surface area contributed by atoms with E-state index in [1.807, 2.05) is 19.1 Å². The standard InChI is InChI=1S/C19H22N6O2/c1-10(2)13-6-5-11(3)14(24-13)9-22-18(26)16-17(20)25-15(12(4)23-16)19-21-7-8-27-19/h5-8,10H,9H2,1-4H3,(H2,20,25)(H,22,26). The van der Waals surface area contributed by atoms with Gasteiger partial charge in [0.15, 0.2) is 11.5 Å². The summed E-state index contributed by atoms with van der Waals surface area (Å²) in [6.45, 7) is 8.12. The molecule has 3 N–H and O–H groups in total. The highest BCUT2D eigenvalue weighted by molar-refractivity contribution is 5.96. The lowest BCUT2D eigenvalue weighted by Gasteiger charge is -2.12. The average Bonchev–Trinajstić information content (AvgIpc) is 3.16. The molecular formula is C19H22N6O2. The summed E-state index contributed by atoms with van der Waals surface area (Å²) in [7, 11) is 0. The van der Waals surface area contributed by atoms with E-state index >= 15 is 0 Å². The third-order valence-electron chi connectivity index (χ3n) is 4.18. The van der Waals surface area contributed by atoms with Gasteiger partial charge in [0.1, 0.15) is 12.0 Å². The van der Waals surface area contributed by atoms with Crippen LogP contribution in [0.3, 0.4) is 0 Å². The van der Waals surface area contributed by atoms with Crippen molar-refractivity contribution in [1.82, 2.24) is 25.3 Å². The molecule has 8 heteroatoms. The second-order valence-corrected chi connectivity index (χ2v) is 6.57. The van der Waals surface area contributed by atoms with E-state index in [0.29, 0.717) is 23.2 Å². The molecule has 0 radical (unpaired) electrons. The van der Waals surface area contributed by atoms with Crippen LogP contribution in [-0.2, 0) is 6.54 Å². The Labute approximate surface area is 157 Å². The van der Waals surface area contributed by atoms with Crippen molar-refractivity contribution in [2.75, 3.05) is 5.73 Å². The van der Waals surface area contributed by atoms with Crippen molar-refractivity contribution in [2.24, 2.45) is 0 Å². The SMILES string of the molecule is Cc1ccc(C(C)C)nc1CNC(=O)c1nc(C)c(-c2ncco2)nc1N. The van der Waals surface area contributed by atoms with Crippen molar-refractivity contribution >= 4 is 11.7 Å². The lowest BCUT2D eigenvalue weighted by Crippen LogP contribution is -2.27. The topological polar surface area (TPSA) is 120 Å². The minimum Gasteiger partial charge on any atom is -0.443 e. The van der Waals surface area contributed by atoms with Gasteiger partial charge in [-0.05, 0) is 31.4 Å².